The average Bonchev–Trinajstić information content (AvgIpc) is 2.41. The number of amides is 1. The van der Waals surface area contributed by atoms with Gasteiger partial charge in [-0.2, -0.15) is 0 Å². The smallest absolute Gasteiger partial charge is 0.336 e. The Balaban J connectivity index is 2.08. The fourth-order valence-electron chi connectivity index (χ4n) is 2.24. The van der Waals surface area contributed by atoms with Crippen LogP contribution in [0.25, 0.3) is 0 Å². The molecular weight excluding hydrogens is 244 g/mol. The summed E-state index contributed by atoms with van der Waals surface area (Å²) < 4.78 is 0. The number of aryl methyl sites for hydroxylation is 1. The normalized spacial score (nSPS) is 18.9. The molecule has 5 nitrogen and oxygen atoms in total. The number of piperidine rings is 1. The predicted molar refractivity (Wildman–Crippen MR) is 72.4 cm³/mol. The lowest BCUT2D eigenvalue weighted by Crippen LogP contribution is -2.43. The summed E-state index contributed by atoms with van der Waals surface area (Å²) >= 11 is 0. The van der Waals surface area contributed by atoms with Gasteiger partial charge in [0.15, 0.2) is 0 Å². The van der Waals surface area contributed by atoms with Crippen LogP contribution in [0.15, 0.2) is 18.2 Å². The lowest BCUT2D eigenvalue weighted by molar-refractivity contribution is -0.118. The topological polar surface area (TPSA) is 78.4 Å². The van der Waals surface area contributed by atoms with Crippen LogP contribution >= 0.6 is 0 Å². The van der Waals surface area contributed by atoms with E-state index in [9.17, 15) is 9.59 Å². The molecule has 1 aliphatic heterocycles. The largest absolute Gasteiger partial charge is 0.478 e. The van der Waals surface area contributed by atoms with Crippen LogP contribution in [0.3, 0.4) is 0 Å². The Labute approximate surface area is 112 Å². The van der Waals surface area contributed by atoms with Crippen molar-refractivity contribution in [3.63, 3.8) is 0 Å². The molecule has 1 fully saturated rings. The fourth-order valence-corrected chi connectivity index (χ4v) is 2.24. The third kappa shape index (κ3) is 3.32. The molecule has 2 rings (SSSR count). The maximum atomic E-state index is 12.0. The Bertz CT molecular complexity index is 493. The van der Waals surface area contributed by atoms with Crippen molar-refractivity contribution in [3.05, 3.63) is 29.3 Å². The van der Waals surface area contributed by atoms with E-state index in [1.165, 1.54) is 6.07 Å². The minimum Gasteiger partial charge on any atom is -0.478 e. The van der Waals surface area contributed by atoms with E-state index in [2.05, 4.69) is 10.6 Å². The van der Waals surface area contributed by atoms with Gasteiger partial charge in [-0.1, -0.05) is 12.5 Å². The van der Waals surface area contributed by atoms with E-state index in [4.69, 9.17) is 5.11 Å². The standard InChI is InChI=1S/C14H18N2O3/c1-9-5-6-10(8-11(9)14(18)19)16-13(17)12-4-2-3-7-15-12/h5-6,8,12,15H,2-4,7H2,1H3,(H,16,17)(H,18,19)/t12-/m0/s1. The number of carbonyl (C=O) groups excluding carboxylic acids is 1. The van der Waals surface area contributed by atoms with Crippen LogP contribution in [-0.4, -0.2) is 29.6 Å². The number of hydrogen-bond acceptors (Lipinski definition) is 3. The molecule has 1 aliphatic rings. The Kier molecular flexibility index (Phi) is 4.16. The molecule has 0 aliphatic carbocycles. The van der Waals surface area contributed by atoms with Crippen molar-refractivity contribution in [2.75, 3.05) is 11.9 Å². The molecule has 1 saturated heterocycles. The van der Waals surface area contributed by atoms with Crippen molar-refractivity contribution in [1.82, 2.24) is 5.32 Å². The van der Waals surface area contributed by atoms with Gasteiger partial charge in [0.2, 0.25) is 5.91 Å². The van der Waals surface area contributed by atoms with Crippen molar-refractivity contribution in [2.45, 2.75) is 32.2 Å². The highest BCUT2D eigenvalue weighted by atomic mass is 16.4. The zero-order valence-corrected chi connectivity index (χ0v) is 10.9. The molecule has 1 atom stereocenters. The molecule has 1 aromatic rings. The number of rotatable bonds is 3. The molecule has 1 heterocycles. The molecule has 19 heavy (non-hydrogen) atoms. The summed E-state index contributed by atoms with van der Waals surface area (Å²) in [5.74, 6) is -1.08. The van der Waals surface area contributed by atoms with E-state index in [-0.39, 0.29) is 17.5 Å². The molecular formula is C14H18N2O3. The molecule has 0 radical (unpaired) electrons. The van der Waals surface area contributed by atoms with Crippen LogP contribution in [-0.2, 0) is 4.79 Å². The highest BCUT2D eigenvalue weighted by Gasteiger charge is 2.20. The molecule has 1 aromatic carbocycles. The molecule has 0 bridgehead atoms. The minimum atomic E-state index is -0.982. The van der Waals surface area contributed by atoms with Gasteiger partial charge in [0.25, 0.3) is 0 Å². The molecule has 5 heteroatoms. The van der Waals surface area contributed by atoms with Crippen LogP contribution in [0, 0.1) is 6.92 Å². The molecule has 0 unspecified atom stereocenters. The summed E-state index contributed by atoms with van der Waals surface area (Å²) in [5, 5.41) is 15.0. The van der Waals surface area contributed by atoms with E-state index >= 15 is 0 Å². The van der Waals surface area contributed by atoms with E-state index in [0.717, 1.165) is 25.8 Å². The number of carbonyl (C=O) groups is 2. The number of nitrogens with one attached hydrogen (secondary N) is 2. The summed E-state index contributed by atoms with van der Waals surface area (Å²) in [6.45, 7) is 2.59. The van der Waals surface area contributed by atoms with Gasteiger partial charge >= 0.3 is 5.97 Å². The molecule has 0 aromatic heterocycles. The summed E-state index contributed by atoms with van der Waals surface area (Å²) in [4.78, 5) is 23.0. The van der Waals surface area contributed by atoms with E-state index in [1.807, 2.05) is 0 Å². The summed E-state index contributed by atoms with van der Waals surface area (Å²) in [5.41, 5.74) is 1.43. The van der Waals surface area contributed by atoms with Crippen LogP contribution in [0.5, 0.6) is 0 Å². The monoisotopic (exact) mass is 262 g/mol. The number of benzene rings is 1. The number of aromatic carboxylic acids is 1. The first-order chi connectivity index (χ1) is 9.08. The van der Waals surface area contributed by atoms with Gasteiger partial charge in [-0.3, -0.25) is 4.79 Å². The molecule has 0 spiro atoms. The average molecular weight is 262 g/mol. The summed E-state index contributed by atoms with van der Waals surface area (Å²) in [6, 6.07) is 4.75. The quantitative estimate of drug-likeness (QED) is 0.775. The minimum absolute atomic E-state index is 0.0973. The Hall–Kier alpha value is -1.88. The highest BCUT2D eigenvalue weighted by Crippen LogP contribution is 2.16. The van der Waals surface area contributed by atoms with E-state index in [1.54, 1.807) is 19.1 Å². The van der Waals surface area contributed by atoms with Crippen LogP contribution < -0.4 is 10.6 Å². The van der Waals surface area contributed by atoms with Crippen molar-refractivity contribution in [3.8, 4) is 0 Å². The zero-order valence-electron chi connectivity index (χ0n) is 10.9. The zero-order chi connectivity index (χ0) is 13.8. The van der Waals surface area contributed by atoms with E-state index in [0.29, 0.717) is 11.3 Å². The molecule has 1 amide bonds. The first-order valence-corrected chi connectivity index (χ1v) is 6.46. The van der Waals surface area contributed by atoms with Gasteiger partial charge < -0.3 is 15.7 Å². The summed E-state index contributed by atoms with van der Waals surface area (Å²) in [6.07, 6.45) is 2.96. The maximum absolute atomic E-state index is 12.0. The SMILES string of the molecule is Cc1ccc(NC(=O)[C@@H]2CCCCN2)cc1C(=O)O. The van der Waals surface area contributed by atoms with Crippen molar-refractivity contribution < 1.29 is 14.7 Å². The second-order valence-electron chi connectivity index (χ2n) is 4.83. The second kappa shape index (κ2) is 5.84. The van der Waals surface area contributed by atoms with Crippen LogP contribution in [0.2, 0.25) is 0 Å². The van der Waals surface area contributed by atoms with Gasteiger partial charge in [-0.25, -0.2) is 4.79 Å². The highest BCUT2D eigenvalue weighted by molar-refractivity contribution is 5.97. The first kappa shape index (κ1) is 13.5. The van der Waals surface area contributed by atoms with Crippen molar-refractivity contribution in [2.24, 2.45) is 0 Å². The maximum Gasteiger partial charge on any atom is 0.336 e. The lowest BCUT2D eigenvalue weighted by Gasteiger charge is -2.22. The van der Waals surface area contributed by atoms with Gasteiger partial charge in [0.1, 0.15) is 0 Å². The van der Waals surface area contributed by atoms with Crippen molar-refractivity contribution >= 4 is 17.6 Å². The number of carboxylic acids is 1. The Morgan fingerprint density at radius 2 is 2.16 bits per heavy atom. The van der Waals surface area contributed by atoms with Gasteiger partial charge in [-0.05, 0) is 44.0 Å². The Morgan fingerprint density at radius 3 is 2.79 bits per heavy atom. The summed E-state index contributed by atoms with van der Waals surface area (Å²) in [7, 11) is 0. The van der Waals surface area contributed by atoms with Crippen LogP contribution in [0.4, 0.5) is 5.69 Å². The number of hydrogen-bond donors (Lipinski definition) is 3. The van der Waals surface area contributed by atoms with Gasteiger partial charge in [0.05, 0.1) is 11.6 Å². The molecule has 0 saturated carbocycles. The first-order valence-electron chi connectivity index (χ1n) is 6.46. The fraction of sp³-hybridized carbons (Fsp3) is 0.429. The number of anilines is 1. The van der Waals surface area contributed by atoms with Crippen molar-refractivity contribution in [1.29, 1.82) is 0 Å². The molecule has 3 N–H and O–H groups in total. The Morgan fingerprint density at radius 1 is 1.37 bits per heavy atom. The third-order valence-corrected chi connectivity index (χ3v) is 3.36. The van der Waals surface area contributed by atoms with Gasteiger partial charge in [-0.15, -0.1) is 0 Å². The molecule has 102 valence electrons. The van der Waals surface area contributed by atoms with Crippen LogP contribution in [0.1, 0.15) is 35.2 Å². The third-order valence-electron chi connectivity index (χ3n) is 3.36. The predicted octanol–water partition coefficient (Wildman–Crippen LogP) is 1.77. The lowest BCUT2D eigenvalue weighted by atomic mass is 10.0. The second-order valence-corrected chi connectivity index (χ2v) is 4.83. The van der Waals surface area contributed by atoms with E-state index < -0.39 is 5.97 Å². The number of carboxylic acid groups (broad SMARTS) is 1. The van der Waals surface area contributed by atoms with Gasteiger partial charge in [0, 0.05) is 5.69 Å².